The van der Waals surface area contributed by atoms with Crippen molar-refractivity contribution in [3.63, 3.8) is 0 Å². The molecule has 9 aromatic rings. The summed E-state index contributed by atoms with van der Waals surface area (Å²) in [6.45, 7) is 4.14. The van der Waals surface area contributed by atoms with Crippen LogP contribution < -0.4 is 14.2 Å². The van der Waals surface area contributed by atoms with Gasteiger partial charge in [-0.2, -0.15) is 5.10 Å². The largest absolute Gasteiger partial charge is 0.457 e. The lowest BCUT2D eigenvalue weighted by Crippen LogP contribution is -1.98. The zero-order valence-electron chi connectivity index (χ0n) is 29.2. The highest BCUT2D eigenvalue weighted by atomic mass is 16.5. The van der Waals surface area contributed by atoms with E-state index in [1.165, 1.54) is 0 Å². The number of ether oxygens (including phenoxy) is 3. The normalized spacial score (nSPS) is 11.2. The third kappa shape index (κ3) is 6.36. The molecule has 53 heavy (non-hydrogen) atoms. The molecular weight excluding hydrogens is 657 g/mol. The van der Waals surface area contributed by atoms with Crippen LogP contribution >= 0.6 is 0 Å². The van der Waals surface area contributed by atoms with Gasteiger partial charge in [0.25, 0.3) is 0 Å². The molecule has 0 radical (unpaired) electrons. The van der Waals surface area contributed by atoms with Crippen LogP contribution in [0.25, 0.3) is 44.4 Å². The number of aromatic nitrogens is 4. The van der Waals surface area contributed by atoms with Gasteiger partial charge in [0, 0.05) is 40.9 Å². The van der Waals surface area contributed by atoms with E-state index in [0.717, 1.165) is 72.8 Å². The number of pyridine rings is 1. The number of fused-ring (bicyclic) bond motifs is 3. The molecule has 6 aromatic carbocycles. The number of hydrogen-bond donors (Lipinski definition) is 0. The molecule has 0 unspecified atom stereocenters. The van der Waals surface area contributed by atoms with Crippen molar-refractivity contribution in [2.24, 2.45) is 0 Å². The molecule has 3 aromatic heterocycles. The Kier molecular flexibility index (Phi) is 8.13. The lowest BCUT2D eigenvalue weighted by atomic mass is 10.1. The van der Waals surface area contributed by atoms with Crippen molar-refractivity contribution in [1.29, 1.82) is 0 Å². The summed E-state index contributed by atoms with van der Waals surface area (Å²) in [6.07, 6.45) is 5.68. The fourth-order valence-corrected chi connectivity index (χ4v) is 6.75. The van der Waals surface area contributed by atoms with Crippen LogP contribution in [-0.4, -0.2) is 19.3 Å². The average Bonchev–Trinajstić information content (AvgIpc) is 3.79. The maximum Gasteiger partial charge on any atom is 0.139 e. The van der Waals surface area contributed by atoms with Crippen molar-refractivity contribution in [3.05, 3.63) is 181 Å². The van der Waals surface area contributed by atoms with E-state index < -0.39 is 0 Å². The van der Waals surface area contributed by atoms with Crippen molar-refractivity contribution in [1.82, 2.24) is 19.3 Å². The quantitative estimate of drug-likeness (QED) is 0.151. The Balaban J connectivity index is 1.08. The number of benzene rings is 6. The van der Waals surface area contributed by atoms with Crippen LogP contribution in [0.15, 0.2) is 170 Å². The number of aryl methyl sites for hydroxylation is 2. The summed E-state index contributed by atoms with van der Waals surface area (Å²) < 4.78 is 23.5. The molecule has 0 saturated heterocycles. The summed E-state index contributed by atoms with van der Waals surface area (Å²) in [7, 11) is 0. The molecule has 0 spiro atoms. The van der Waals surface area contributed by atoms with E-state index in [0.29, 0.717) is 17.2 Å². The molecule has 0 aliphatic carbocycles. The lowest BCUT2D eigenvalue weighted by Gasteiger charge is -2.15. The van der Waals surface area contributed by atoms with Gasteiger partial charge in [-0.15, -0.1) is 0 Å². The highest BCUT2D eigenvalue weighted by Gasteiger charge is 2.19. The maximum atomic E-state index is 6.59. The second kappa shape index (κ2) is 13.5. The van der Waals surface area contributed by atoms with Gasteiger partial charge in [-0.05, 0) is 104 Å². The summed E-state index contributed by atoms with van der Waals surface area (Å²) in [5, 5.41) is 7.11. The molecule has 0 aliphatic rings. The first-order valence-corrected chi connectivity index (χ1v) is 17.5. The van der Waals surface area contributed by atoms with Gasteiger partial charge in [-0.25, -0.2) is 9.67 Å². The van der Waals surface area contributed by atoms with Gasteiger partial charge in [-0.3, -0.25) is 4.57 Å². The van der Waals surface area contributed by atoms with Gasteiger partial charge in [0.05, 0.1) is 28.5 Å². The van der Waals surface area contributed by atoms with Gasteiger partial charge in [-0.1, -0.05) is 60.7 Å². The van der Waals surface area contributed by atoms with Crippen LogP contribution in [0.4, 0.5) is 0 Å². The molecule has 0 fully saturated rings. The molecule has 0 atom stereocenters. The number of para-hydroxylation sites is 3. The zero-order chi connectivity index (χ0) is 35.7. The Hall–Kier alpha value is -7.12. The Labute approximate surface area is 306 Å². The van der Waals surface area contributed by atoms with Crippen molar-refractivity contribution < 1.29 is 14.2 Å². The van der Waals surface area contributed by atoms with Crippen LogP contribution in [0.1, 0.15) is 11.1 Å². The Bertz CT molecular complexity index is 2680. The van der Waals surface area contributed by atoms with E-state index in [2.05, 4.69) is 66.9 Å². The van der Waals surface area contributed by atoms with Gasteiger partial charge < -0.3 is 14.2 Å². The minimum atomic E-state index is 0.658. The predicted octanol–water partition coefficient (Wildman–Crippen LogP) is 12.0. The van der Waals surface area contributed by atoms with Gasteiger partial charge in [0.15, 0.2) is 0 Å². The predicted molar refractivity (Wildman–Crippen MR) is 210 cm³/mol. The van der Waals surface area contributed by atoms with Gasteiger partial charge in [0.1, 0.15) is 40.3 Å². The Morgan fingerprint density at radius 2 is 1.21 bits per heavy atom. The minimum Gasteiger partial charge on any atom is -0.457 e. The Morgan fingerprint density at radius 1 is 0.509 bits per heavy atom. The summed E-state index contributed by atoms with van der Waals surface area (Å²) in [5.41, 5.74) is 6.80. The van der Waals surface area contributed by atoms with E-state index in [9.17, 15) is 0 Å². The van der Waals surface area contributed by atoms with Crippen molar-refractivity contribution in [2.45, 2.75) is 13.8 Å². The van der Waals surface area contributed by atoms with E-state index in [1.54, 1.807) is 0 Å². The smallest absolute Gasteiger partial charge is 0.139 e. The minimum absolute atomic E-state index is 0.658. The summed E-state index contributed by atoms with van der Waals surface area (Å²) in [5.74, 6) is 5.07. The molecule has 0 bridgehead atoms. The highest BCUT2D eigenvalue weighted by Crippen LogP contribution is 2.43. The molecule has 9 rings (SSSR count). The first kappa shape index (κ1) is 31.8. The topological polar surface area (TPSA) is 63.3 Å². The fraction of sp³-hybridized carbons (Fsp3) is 0.0435. The number of nitrogens with zero attached hydrogens (tertiary/aromatic N) is 4. The molecular formula is C46H34N4O3. The van der Waals surface area contributed by atoms with Crippen molar-refractivity contribution in [3.8, 4) is 57.1 Å². The molecule has 0 amide bonds. The third-order valence-electron chi connectivity index (χ3n) is 9.11. The third-order valence-corrected chi connectivity index (χ3v) is 9.11. The Morgan fingerprint density at radius 3 is 1.94 bits per heavy atom. The van der Waals surface area contributed by atoms with Gasteiger partial charge >= 0.3 is 0 Å². The van der Waals surface area contributed by atoms with Crippen LogP contribution in [0.3, 0.4) is 0 Å². The van der Waals surface area contributed by atoms with Crippen molar-refractivity contribution >= 4 is 21.8 Å². The standard InChI is InChI=1S/C46H34N4O3/c1-31-22-23-47-45(26-31)50-41-17-10-9-16-39(41)40-21-20-37(28-42(40)50)51-38-25-32(2)24-34(27-38)49-30-33(29-48-49)46-43(52-35-12-5-3-6-13-35)18-11-19-44(46)53-36-14-7-4-8-15-36/h3-30H,1-2H3. The molecule has 256 valence electrons. The molecule has 7 nitrogen and oxygen atoms in total. The molecule has 0 saturated carbocycles. The van der Waals surface area contributed by atoms with E-state index >= 15 is 0 Å². The summed E-state index contributed by atoms with van der Waals surface area (Å²) in [6, 6.07) is 50.2. The van der Waals surface area contributed by atoms with Crippen LogP contribution in [0.5, 0.6) is 34.5 Å². The van der Waals surface area contributed by atoms with Crippen LogP contribution in [-0.2, 0) is 0 Å². The van der Waals surface area contributed by atoms with E-state index in [1.807, 2.05) is 126 Å². The van der Waals surface area contributed by atoms with Gasteiger partial charge in [0.2, 0.25) is 0 Å². The second-order valence-corrected chi connectivity index (χ2v) is 13.0. The number of rotatable bonds is 9. The second-order valence-electron chi connectivity index (χ2n) is 13.0. The molecule has 3 heterocycles. The zero-order valence-corrected chi connectivity index (χ0v) is 29.2. The molecule has 0 N–H and O–H groups in total. The van der Waals surface area contributed by atoms with E-state index in [-0.39, 0.29) is 0 Å². The van der Waals surface area contributed by atoms with Crippen molar-refractivity contribution in [2.75, 3.05) is 0 Å². The maximum absolute atomic E-state index is 6.59. The average molecular weight is 691 g/mol. The molecule has 0 aliphatic heterocycles. The van der Waals surface area contributed by atoms with Crippen LogP contribution in [0.2, 0.25) is 0 Å². The first-order chi connectivity index (χ1) is 26.1. The SMILES string of the molecule is Cc1cc(Oc2ccc3c4ccccc4n(-c4cc(C)ccn4)c3c2)cc(-n2cc(-c3c(Oc4ccccc4)cccc3Oc3ccccc3)cn2)c1. The highest BCUT2D eigenvalue weighted by molar-refractivity contribution is 6.09. The molecule has 7 heteroatoms. The first-order valence-electron chi connectivity index (χ1n) is 17.5. The monoisotopic (exact) mass is 690 g/mol. The fourth-order valence-electron chi connectivity index (χ4n) is 6.75. The van der Waals surface area contributed by atoms with Crippen LogP contribution in [0, 0.1) is 13.8 Å². The lowest BCUT2D eigenvalue weighted by molar-refractivity contribution is 0.463. The number of hydrogen-bond acceptors (Lipinski definition) is 5. The van der Waals surface area contributed by atoms with E-state index in [4.69, 9.17) is 24.3 Å². The summed E-state index contributed by atoms with van der Waals surface area (Å²) in [4.78, 5) is 4.73. The summed E-state index contributed by atoms with van der Waals surface area (Å²) >= 11 is 0.